The van der Waals surface area contributed by atoms with E-state index in [1.165, 1.54) is 0 Å². The fourth-order valence-electron chi connectivity index (χ4n) is 2.14. The first-order valence-electron chi connectivity index (χ1n) is 6.34. The highest BCUT2D eigenvalue weighted by atomic mass is 35.5. The van der Waals surface area contributed by atoms with Crippen molar-refractivity contribution in [3.05, 3.63) is 34.9 Å². The van der Waals surface area contributed by atoms with Gasteiger partial charge < -0.3 is 15.8 Å². The highest BCUT2D eigenvalue weighted by Crippen LogP contribution is 2.13. The molecule has 0 aliphatic carbocycles. The van der Waals surface area contributed by atoms with Crippen LogP contribution in [0.15, 0.2) is 29.4 Å². The molecule has 2 rings (SSSR count). The standard InChI is InChI=1S/C13H17ClN4O2/c14-11-3-1-10(2-4-11)13(19)18-7-5-17(6-8-18)9-12(15)16-20/h1-4,20H,5-9H2,(H2,15,16). The number of amides is 1. The van der Waals surface area contributed by atoms with Crippen LogP contribution in [0.5, 0.6) is 0 Å². The fraction of sp³-hybridized carbons (Fsp3) is 0.385. The van der Waals surface area contributed by atoms with Crippen LogP contribution in [0.25, 0.3) is 0 Å². The van der Waals surface area contributed by atoms with Gasteiger partial charge in [-0.2, -0.15) is 0 Å². The number of benzene rings is 1. The van der Waals surface area contributed by atoms with Gasteiger partial charge >= 0.3 is 0 Å². The van der Waals surface area contributed by atoms with Crippen molar-refractivity contribution in [1.82, 2.24) is 9.80 Å². The van der Waals surface area contributed by atoms with Crippen molar-refractivity contribution in [1.29, 1.82) is 0 Å². The molecule has 0 saturated carbocycles. The lowest BCUT2D eigenvalue weighted by molar-refractivity contribution is 0.0653. The van der Waals surface area contributed by atoms with Crippen LogP contribution in [0.3, 0.4) is 0 Å². The van der Waals surface area contributed by atoms with Crippen molar-refractivity contribution in [3.8, 4) is 0 Å². The highest BCUT2D eigenvalue weighted by molar-refractivity contribution is 6.30. The number of nitrogens with two attached hydrogens (primary N) is 1. The van der Waals surface area contributed by atoms with Crippen LogP contribution in [0, 0.1) is 0 Å². The second-order valence-corrected chi connectivity index (χ2v) is 5.10. The van der Waals surface area contributed by atoms with Gasteiger partial charge in [-0.25, -0.2) is 0 Å². The quantitative estimate of drug-likeness (QED) is 0.375. The summed E-state index contributed by atoms with van der Waals surface area (Å²) in [6.45, 7) is 3.07. The fourth-order valence-corrected chi connectivity index (χ4v) is 2.27. The lowest BCUT2D eigenvalue weighted by Gasteiger charge is -2.34. The lowest BCUT2D eigenvalue weighted by atomic mass is 10.2. The number of nitrogens with zero attached hydrogens (tertiary/aromatic N) is 3. The van der Waals surface area contributed by atoms with Crippen LogP contribution < -0.4 is 5.73 Å². The van der Waals surface area contributed by atoms with E-state index in [0.29, 0.717) is 43.3 Å². The Labute approximate surface area is 122 Å². The third-order valence-electron chi connectivity index (χ3n) is 3.26. The summed E-state index contributed by atoms with van der Waals surface area (Å²) in [5, 5.41) is 12.1. The number of carbonyl (C=O) groups excluding carboxylic acids is 1. The van der Waals surface area contributed by atoms with Gasteiger partial charge in [0.15, 0.2) is 5.84 Å². The van der Waals surface area contributed by atoms with Crippen molar-refractivity contribution >= 4 is 23.3 Å². The van der Waals surface area contributed by atoms with Gasteiger partial charge in [0.1, 0.15) is 0 Å². The first kappa shape index (κ1) is 14.6. The molecule has 1 aromatic rings. The third kappa shape index (κ3) is 3.61. The van der Waals surface area contributed by atoms with Crippen LogP contribution >= 0.6 is 11.6 Å². The molecule has 0 spiro atoms. The molecule has 0 aromatic heterocycles. The Bertz CT molecular complexity index is 496. The minimum atomic E-state index is 0.00474. The molecule has 1 fully saturated rings. The minimum Gasteiger partial charge on any atom is -0.409 e. The third-order valence-corrected chi connectivity index (χ3v) is 3.52. The Morgan fingerprint density at radius 1 is 1.25 bits per heavy atom. The van der Waals surface area contributed by atoms with Crippen LogP contribution in [0.4, 0.5) is 0 Å². The molecule has 1 saturated heterocycles. The molecular weight excluding hydrogens is 280 g/mol. The number of piperazine rings is 1. The summed E-state index contributed by atoms with van der Waals surface area (Å²) in [6.07, 6.45) is 0. The summed E-state index contributed by atoms with van der Waals surface area (Å²) in [7, 11) is 0. The number of oxime groups is 1. The van der Waals surface area contributed by atoms with E-state index in [-0.39, 0.29) is 11.7 Å². The number of hydrogen-bond donors (Lipinski definition) is 2. The molecule has 0 radical (unpaired) electrons. The monoisotopic (exact) mass is 296 g/mol. The van der Waals surface area contributed by atoms with E-state index < -0.39 is 0 Å². The van der Waals surface area contributed by atoms with Gasteiger partial charge in [0.25, 0.3) is 5.91 Å². The van der Waals surface area contributed by atoms with E-state index in [0.717, 1.165) is 0 Å². The summed E-state index contributed by atoms with van der Waals surface area (Å²) in [5.74, 6) is 0.188. The van der Waals surface area contributed by atoms with Crippen molar-refractivity contribution < 1.29 is 10.0 Å². The van der Waals surface area contributed by atoms with E-state index in [9.17, 15) is 4.79 Å². The van der Waals surface area contributed by atoms with Crippen molar-refractivity contribution in [3.63, 3.8) is 0 Å². The van der Waals surface area contributed by atoms with Gasteiger partial charge in [-0.3, -0.25) is 9.69 Å². The molecule has 1 heterocycles. The average Bonchev–Trinajstić information content (AvgIpc) is 2.48. The maximum atomic E-state index is 12.3. The summed E-state index contributed by atoms with van der Waals surface area (Å²) < 4.78 is 0. The highest BCUT2D eigenvalue weighted by Gasteiger charge is 2.22. The molecule has 0 unspecified atom stereocenters. The van der Waals surface area contributed by atoms with E-state index in [4.69, 9.17) is 22.5 Å². The smallest absolute Gasteiger partial charge is 0.253 e. The predicted octanol–water partition coefficient (Wildman–Crippen LogP) is 0.844. The van der Waals surface area contributed by atoms with Crippen LogP contribution in [-0.4, -0.2) is 59.5 Å². The SMILES string of the molecule is NC(CN1CCN(C(=O)c2ccc(Cl)cc2)CC1)=NO. The molecule has 6 nitrogen and oxygen atoms in total. The Balaban J connectivity index is 1.90. The average molecular weight is 297 g/mol. The number of halogens is 1. The Morgan fingerprint density at radius 3 is 2.40 bits per heavy atom. The van der Waals surface area contributed by atoms with Crippen molar-refractivity contribution in [2.24, 2.45) is 10.9 Å². The van der Waals surface area contributed by atoms with Gasteiger partial charge in [0, 0.05) is 36.8 Å². The summed E-state index contributed by atoms with van der Waals surface area (Å²) >= 11 is 5.81. The van der Waals surface area contributed by atoms with E-state index in [1.54, 1.807) is 29.2 Å². The Morgan fingerprint density at radius 2 is 1.85 bits per heavy atom. The number of amidine groups is 1. The first-order chi connectivity index (χ1) is 9.60. The maximum Gasteiger partial charge on any atom is 0.253 e. The van der Waals surface area contributed by atoms with Crippen LogP contribution in [0.2, 0.25) is 5.02 Å². The van der Waals surface area contributed by atoms with E-state index >= 15 is 0 Å². The van der Waals surface area contributed by atoms with E-state index in [1.807, 2.05) is 4.90 Å². The summed E-state index contributed by atoms with van der Waals surface area (Å²) in [6, 6.07) is 6.88. The normalized spacial score (nSPS) is 17.2. The van der Waals surface area contributed by atoms with Crippen LogP contribution in [-0.2, 0) is 0 Å². The summed E-state index contributed by atoms with van der Waals surface area (Å²) in [5.41, 5.74) is 6.11. The van der Waals surface area contributed by atoms with Gasteiger partial charge in [-0.05, 0) is 24.3 Å². The number of hydrogen-bond acceptors (Lipinski definition) is 4. The topological polar surface area (TPSA) is 82.2 Å². The zero-order chi connectivity index (χ0) is 14.5. The zero-order valence-electron chi connectivity index (χ0n) is 11.0. The molecule has 1 aromatic carbocycles. The second kappa shape index (κ2) is 6.58. The molecule has 1 amide bonds. The second-order valence-electron chi connectivity index (χ2n) is 4.67. The maximum absolute atomic E-state index is 12.3. The number of carbonyl (C=O) groups is 1. The van der Waals surface area contributed by atoms with Crippen molar-refractivity contribution in [2.75, 3.05) is 32.7 Å². The zero-order valence-corrected chi connectivity index (χ0v) is 11.8. The van der Waals surface area contributed by atoms with Crippen molar-refractivity contribution in [2.45, 2.75) is 0 Å². The van der Waals surface area contributed by atoms with Gasteiger partial charge in [-0.15, -0.1) is 0 Å². The minimum absolute atomic E-state index is 0.00474. The molecule has 0 bridgehead atoms. The predicted molar refractivity (Wildman–Crippen MR) is 77.2 cm³/mol. The van der Waals surface area contributed by atoms with E-state index in [2.05, 4.69) is 5.16 Å². The largest absolute Gasteiger partial charge is 0.409 e. The molecule has 20 heavy (non-hydrogen) atoms. The lowest BCUT2D eigenvalue weighted by Crippen LogP contribution is -2.50. The number of rotatable bonds is 3. The molecule has 108 valence electrons. The molecule has 1 aliphatic heterocycles. The van der Waals surface area contributed by atoms with Crippen LogP contribution in [0.1, 0.15) is 10.4 Å². The molecule has 7 heteroatoms. The molecular formula is C13H17ClN4O2. The summed E-state index contributed by atoms with van der Waals surface area (Å²) in [4.78, 5) is 16.1. The van der Waals surface area contributed by atoms with Gasteiger partial charge in [0.2, 0.25) is 0 Å². The molecule has 3 N–H and O–H groups in total. The Hall–Kier alpha value is -1.79. The Kier molecular flexibility index (Phi) is 4.81. The molecule has 1 aliphatic rings. The first-order valence-corrected chi connectivity index (χ1v) is 6.71. The van der Waals surface area contributed by atoms with Gasteiger partial charge in [0.05, 0.1) is 6.54 Å². The van der Waals surface area contributed by atoms with Gasteiger partial charge in [-0.1, -0.05) is 16.8 Å². The molecule has 0 atom stereocenters.